The second kappa shape index (κ2) is 5.44. The summed E-state index contributed by atoms with van der Waals surface area (Å²) >= 11 is 0. The molecule has 0 spiro atoms. The van der Waals surface area contributed by atoms with Crippen molar-refractivity contribution in [2.24, 2.45) is 0 Å². The topological polar surface area (TPSA) is 83.5 Å². The minimum Gasteiger partial charge on any atom is -0.321 e. The Bertz CT molecular complexity index is 739. The molecule has 0 unspecified atom stereocenters. The maximum Gasteiger partial charge on any atom is 0.296 e. The molecule has 0 atom stereocenters. The first-order valence-electron chi connectivity index (χ1n) is 5.82. The maximum atomic E-state index is 12.0. The summed E-state index contributed by atoms with van der Waals surface area (Å²) < 4.78 is 31.7. The minimum absolute atomic E-state index is 0.0568. The highest BCUT2D eigenvalue weighted by Crippen LogP contribution is 2.23. The molecule has 20 heavy (non-hydrogen) atoms. The Kier molecular flexibility index (Phi) is 3.87. The number of aryl methyl sites for hydroxylation is 1. The maximum absolute atomic E-state index is 12.0. The minimum atomic E-state index is -4.39. The number of amides is 1. The van der Waals surface area contributed by atoms with Gasteiger partial charge in [-0.2, -0.15) is 8.42 Å². The van der Waals surface area contributed by atoms with Crippen molar-refractivity contribution in [1.82, 2.24) is 0 Å². The molecule has 0 aliphatic carbocycles. The van der Waals surface area contributed by atoms with Gasteiger partial charge in [-0.05, 0) is 36.8 Å². The van der Waals surface area contributed by atoms with Gasteiger partial charge in [0.2, 0.25) is 0 Å². The van der Waals surface area contributed by atoms with Crippen LogP contribution in [-0.2, 0) is 10.1 Å². The molecule has 6 heteroatoms. The van der Waals surface area contributed by atoms with E-state index in [0.717, 1.165) is 5.56 Å². The van der Waals surface area contributed by atoms with Gasteiger partial charge in [0.05, 0.1) is 5.69 Å². The molecule has 2 aromatic carbocycles. The number of carbonyl (C=O) groups is 1. The molecule has 0 aromatic heterocycles. The third-order valence-electron chi connectivity index (χ3n) is 2.70. The Hall–Kier alpha value is -2.18. The van der Waals surface area contributed by atoms with Gasteiger partial charge in [-0.25, -0.2) is 0 Å². The first-order valence-corrected chi connectivity index (χ1v) is 7.26. The monoisotopic (exact) mass is 291 g/mol. The molecule has 0 saturated heterocycles. The van der Waals surface area contributed by atoms with E-state index in [-0.39, 0.29) is 10.6 Å². The van der Waals surface area contributed by atoms with Gasteiger partial charge in [-0.15, -0.1) is 0 Å². The predicted molar refractivity (Wildman–Crippen MR) is 75.4 cm³/mol. The third kappa shape index (κ3) is 3.23. The van der Waals surface area contributed by atoms with E-state index in [1.165, 1.54) is 12.1 Å². The molecule has 0 aliphatic heterocycles. The lowest BCUT2D eigenvalue weighted by molar-refractivity contribution is 0.102. The summed E-state index contributed by atoms with van der Waals surface area (Å²) in [5, 5.41) is 2.50. The molecule has 0 bridgehead atoms. The van der Waals surface area contributed by atoms with Crippen LogP contribution in [0.3, 0.4) is 0 Å². The first-order chi connectivity index (χ1) is 9.38. The highest BCUT2D eigenvalue weighted by atomic mass is 32.2. The van der Waals surface area contributed by atoms with Crippen molar-refractivity contribution in [1.29, 1.82) is 0 Å². The van der Waals surface area contributed by atoms with Gasteiger partial charge in [-0.1, -0.05) is 24.3 Å². The predicted octanol–water partition coefficient (Wildman–Crippen LogP) is 2.49. The van der Waals surface area contributed by atoms with Crippen LogP contribution < -0.4 is 5.32 Å². The fraction of sp³-hybridized carbons (Fsp3) is 0.0714. The molecule has 0 saturated carbocycles. The van der Waals surface area contributed by atoms with Crippen molar-refractivity contribution in [3.8, 4) is 0 Å². The molecule has 104 valence electrons. The lowest BCUT2D eigenvalue weighted by Crippen LogP contribution is -2.14. The Morgan fingerprint density at radius 2 is 1.75 bits per heavy atom. The molecule has 0 heterocycles. The first kappa shape index (κ1) is 14.2. The quantitative estimate of drug-likeness (QED) is 0.851. The smallest absolute Gasteiger partial charge is 0.296 e. The number of rotatable bonds is 3. The second-order valence-corrected chi connectivity index (χ2v) is 5.68. The number of anilines is 1. The van der Waals surface area contributed by atoms with Crippen molar-refractivity contribution < 1.29 is 17.8 Å². The molecule has 0 aliphatic rings. The summed E-state index contributed by atoms with van der Waals surface area (Å²) in [6.07, 6.45) is 0. The number of hydrogen-bond donors (Lipinski definition) is 2. The highest BCUT2D eigenvalue weighted by molar-refractivity contribution is 7.86. The van der Waals surface area contributed by atoms with Crippen LogP contribution in [0, 0.1) is 6.92 Å². The number of benzene rings is 2. The van der Waals surface area contributed by atoms with Gasteiger partial charge >= 0.3 is 0 Å². The van der Waals surface area contributed by atoms with Crippen molar-refractivity contribution in [3.63, 3.8) is 0 Å². The molecule has 0 radical (unpaired) electrons. The second-order valence-electron chi connectivity index (χ2n) is 4.29. The zero-order valence-corrected chi connectivity index (χ0v) is 11.5. The van der Waals surface area contributed by atoms with E-state index >= 15 is 0 Å². The molecule has 2 aromatic rings. The fourth-order valence-corrected chi connectivity index (χ4v) is 2.38. The normalized spacial score (nSPS) is 11.1. The Labute approximate surface area is 117 Å². The molecule has 2 N–H and O–H groups in total. The van der Waals surface area contributed by atoms with Crippen LogP contribution in [0.1, 0.15) is 15.9 Å². The molecule has 2 rings (SSSR count). The van der Waals surface area contributed by atoms with Crippen molar-refractivity contribution >= 4 is 21.7 Å². The van der Waals surface area contributed by atoms with Gasteiger partial charge in [0.25, 0.3) is 16.0 Å². The molecule has 0 fully saturated rings. The molecule has 5 nitrogen and oxygen atoms in total. The Balaban J connectivity index is 2.39. The van der Waals surface area contributed by atoms with E-state index < -0.39 is 16.0 Å². The largest absolute Gasteiger partial charge is 0.321 e. The summed E-state index contributed by atoms with van der Waals surface area (Å²) in [4.78, 5) is 11.7. The van der Waals surface area contributed by atoms with Gasteiger partial charge in [0, 0.05) is 5.56 Å². The fourth-order valence-electron chi connectivity index (χ4n) is 1.75. The Morgan fingerprint density at radius 1 is 1.10 bits per heavy atom. The average Bonchev–Trinajstić information content (AvgIpc) is 2.38. The van der Waals surface area contributed by atoms with Crippen LogP contribution >= 0.6 is 0 Å². The summed E-state index contributed by atoms with van der Waals surface area (Å²) in [6.45, 7) is 1.76. The van der Waals surface area contributed by atoms with Crippen LogP contribution in [0.2, 0.25) is 0 Å². The number of hydrogen-bond acceptors (Lipinski definition) is 3. The van der Waals surface area contributed by atoms with Gasteiger partial charge in [-0.3, -0.25) is 9.35 Å². The summed E-state index contributed by atoms with van der Waals surface area (Å²) in [6, 6.07) is 12.7. The van der Waals surface area contributed by atoms with Crippen LogP contribution in [-0.4, -0.2) is 18.9 Å². The van der Waals surface area contributed by atoms with Crippen LogP contribution in [0.5, 0.6) is 0 Å². The van der Waals surface area contributed by atoms with Crippen LogP contribution in [0.25, 0.3) is 0 Å². The Morgan fingerprint density at radius 3 is 2.35 bits per heavy atom. The summed E-state index contributed by atoms with van der Waals surface area (Å²) in [7, 11) is -4.39. The van der Waals surface area contributed by atoms with E-state index in [1.807, 2.05) is 0 Å². The van der Waals surface area contributed by atoms with E-state index in [9.17, 15) is 13.2 Å². The number of carbonyl (C=O) groups excluding carboxylic acids is 1. The van der Waals surface area contributed by atoms with Crippen molar-refractivity contribution in [3.05, 3.63) is 59.7 Å². The highest BCUT2D eigenvalue weighted by Gasteiger charge is 2.17. The SMILES string of the molecule is Cc1ccc(S(=O)(=O)O)c(NC(=O)c2ccccc2)c1. The summed E-state index contributed by atoms with van der Waals surface area (Å²) in [5.41, 5.74) is 1.22. The van der Waals surface area contributed by atoms with E-state index in [4.69, 9.17) is 4.55 Å². The van der Waals surface area contributed by atoms with Gasteiger partial charge < -0.3 is 5.32 Å². The van der Waals surface area contributed by atoms with E-state index in [2.05, 4.69) is 5.32 Å². The van der Waals surface area contributed by atoms with Crippen molar-refractivity contribution in [2.45, 2.75) is 11.8 Å². The van der Waals surface area contributed by atoms with E-state index in [0.29, 0.717) is 5.56 Å². The van der Waals surface area contributed by atoms with Gasteiger partial charge in [0.1, 0.15) is 4.90 Å². The third-order valence-corrected chi connectivity index (χ3v) is 3.61. The number of nitrogens with one attached hydrogen (secondary N) is 1. The lowest BCUT2D eigenvalue weighted by Gasteiger charge is -2.10. The zero-order valence-electron chi connectivity index (χ0n) is 10.7. The molecular weight excluding hydrogens is 278 g/mol. The van der Waals surface area contributed by atoms with Gasteiger partial charge in [0.15, 0.2) is 0 Å². The molecule has 1 amide bonds. The zero-order chi connectivity index (χ0) is 14.8. The van der Waals surface area contributed by atoms with Crippen LogP contribution in [0.15, 0.2) is 53.4 Å². The lowest BCUT2D eigenvalue weighted by atomic mass is 10.2. The van der Waals surface area contributed by atoms with Crippen LogP contribution in [0.4, 0.5) is 5.69 Å². The van der Waals surface area contributed by atoms with Crippen molar-refractivity contribution in [2.75, 3.05) is 5.32 Å². The summed E-state index contributed by atoms with van der Waals surface area (Å²) in [5.74, 6) is -0.443. The average molecular weight is 291 g/mol. The van der Waals surface area contributed by atoms with E-state index in [1.54, 1.807) is 43.3 Å². The molecular formula is C14H13NO4S. The standard InChI is InChI=1S/C14H13NO4S/c1-10-7-8-13(20(17,18)19)12(9-10)15-14(16)11-5-3-2-4-6-11/h2-9H,1H3,(H,15,16)(H,17,18,19).